The average molecular weight is 500 g/mol. The Bertz CT molecular complexity index is 1100. The molecule has 0 spiro atoms. The second kappa shape index (κ2) is 9.50. The maximum absolute atomic E-state index is 12.2. The van der Waals surface area contributed by atoms with Gasteiger partial charge in [-0.15, -0.1) is 0 Å². The lowest BCUT2D eigenvalue weighted by molar-refractivity contribution is -0.0366. The largest absolute Gasteiger partial charge is 0.494 e. The van der Waals surface area contributed by atoms with Crippen LogP contribution in [0.4, 0.5) is 4.79 Å². The van der Waals surface area contributed by atoms with Crippen LogP contribution in [0.1, 0.15) is 43.6 Å². The molecule has 2 saturated heterocycles. The summed E-state index contributed by atoms with van der Waals surface area (Å²) < 4.78 is 20.3. The minimum absolute atomic E-state index is 0.0223. The van der Waals surface area contributed by atoms with Gasteiger partial charge in [0.05, 0.1) is 24.9 Å². The third-order valence-corrected chi connectivity index (χ3v) is 6.44. The Morgan fingerprint density at radius 3 is 2.97 bits per heavy atom. The van der Waals surface area contributed by atoms with Crippen molar-refractivity contribution in [1.82, 2.24) is 14.7 Å². The summed E-state index contributed by atoms with van der Waals surface area (Å²) >= 11 is 3.47. The van der Waals surface area contributed by atoms with Gasteiger partial charge in [-0.25, -0.2) is 9.48 Å². The Hall–Kier alpha value is -2.58. The topological polar surface area (TPSA) is 65.8 Å². The van der Waals surface area contributed by atoms with Crippen molar-refractivity contribution in [3.8, 4) is 5.75 Å². The van der Waals surface area contributed by atoms with Gasteiger partial charge in [-0.2, -0.15) is 5.10 Å². The van der Waals surface area contributed by atoms with Gasteiger partial charge >= 0.3 is 6.09 Å². The number of halogens is 1. The van der Waals surface area contributed by atoms with Gasteiger partial charge in [-0.1, -0.05) is 28.1 Å². The zero-order valence-electron chi connectivity index (χ0n) is 17.8. The molecule has 3 heterocycles. The number of benzene rings is 2. The monoisotopic (exact) mass is 499 g/mol. The molecule has 2 aliphatic heterocycles. The third kappa shape index (κ3) is 4.61. The summed E-state index contributed by atoms with van der Waals surface area (Å²) in [6.45, 7) is 2.48. The van der Waals surface area contributed by atoms with E-state index in [1.807, 2.05) is 53.3 Å². The van der Waals surface area contributed by atoms with Crippen LogP contribution in [0.25, 0.3) is 10.9 Å². The molecule has 1 aromatic heterocycles. The fourth-order valence-corrected chi connectivity index (χ4v) is 4.70. The van der Waals surface area contributed by atoms with Gasteiger partial charge in [0.2, 0.25) is 0 Å². The fraction of sp³-hybridized carbons (Fsp3) is 0.417. The summed E-state index contributed by atoms with van der Waals surface area (Å²) in [6, 6.07) is 13.9. The van der Waals surface area contributed by atoms with Gasteiger partial charge in [0, 0.05) is 23.0 Å². The number of carbonyl (C=O) groups excluding carboxylic acids is 1. The highest BCUT2D eigenvalue weighted by Gasteiger charge is 2.31. The molecule has 168 valence electrons. The average Bonchev–Trinajstić information content (AvgIpc) is 3.40. The van der Waals surface area contributed by atoms with Crippen LogP contribution in [0.3, 0.4) is 0 Å². The van der Waals surface area contributed by atoms with E-state index in [0.717, 1.165) is 52.6 Å². The molecule has 2 atom stereocenters. The van der Waals surface area contributed by atoms with Gasteiger partial charge in [-0.05, 0) is 61.6 Å². The number of nitrogens with zero attached hydrogens (tertiary/aromatic N) is 3. The number of aromatic nitrogens is 2. The molecule has 3 aromatic rings. The molecule has 0 aliphatic carbocycles. The van der Waals surface area contributed by atoms with E-state index in [9.17, 15) is 4.79 Å². The summed E-state index contributed by atoms with van der Waals surface area (Å²) in [5.74, 6) is 0.803. The Morgan fingerprint density at radius 1 is 1.19 bits per heavy atom. The van der Waals surface area contributed by atoms with Gasteiger partial charge in [-0.3, -0.25) is 0 Å². The first kappa shape index (κ1) is 21.3. The van der Waals surface area contributed by atoms with Crippen molar-refractivity contribution in [2.45, 2.75) is 38.0 Å². The Labute approximate surface area is 195 Å². The maximum Gasteiger partial charge on any atom is 0.410 e. The summed E-state index contributed by atoms with van der Waals surface area (Å²) in [4.78, 5) is 14.0. The first-order chi connectivity index (χ1) is 15.7. The van der Waals surface area contributed by atoms with Gasteiger partial charge in [0.25, 0.3) is 0 Å². The molecule has 8 heteroatoms. The molecule has 2 unspecified atom stereocenters. The van der Waals surface area contributed by atoms with E-state index >= 15 is 0 Å². The van der Waals surface area contributed by atoms with Crippen LogP contribution in [-0.2, 0) is 9.47 Å². The van der Waals surface area contributed by atoms with Gasteiger partial charge in [0.1, 0.15) is 11.9 Å². The number of carbonyl (C=O) groups is 1. The zero-order chi connectivity index (χ0) is 21.9. The molecular formula is C24H26BrN3O4. The van der Waals surface area contributed by atoms with Crippen LogP contribution in [0.5, 0.6) is 5.75 Å². The summed E-state index contributed by atoms with van der Waals surface area (Å²) in [5, 5.41) is 5.57. The second-order valence-electron chi connectivity index (χ2n) is 8.21. The molecule has 0 saturated carbocycles. The van der Waals surface area contributed by atoms with Crippen molar-refractivity contribution < 1.29 is 19.0 Å². The number of hydrogen-bond acceptors (Lipinski definition) is 5. The number of hydrogen-bond donors (Lipinski definition) is 0. The highest BCUT2D eigenvalue weighted by Crippen LogP contribution is 2.29. The molecule has 32 heavy (non-hydrogen) atoms. The van der Waals surface area contributed by atoms with Crippen molar-refractivity contribution in [1.29, 1.82) is 0 Å². The second-order valence-corrected chi connectivity index (χ2v) is 9.12. The van der Waals surface area contributed by atoms with E-state index in [0.29, 0.717) is 19.7 Å². The van der Waals surface area contributed by atoms with Gasteiger partial charge in [0.15, 0.2) is 6.23 Å². The molecule has 2 aromatic carbocycles. The minimum Gasteiger partial charge on any atom is -0.494 e. The molecule has 1 amide bonds. The number of amides is 1. The van der Waals surface area contributed by atoms with E-state index in [4.69, 9.17) is 14.2 Å². The number of cyclic esters (lactones) is 1. The number of fused-ring (bicyclic) bond motifs is 1. The Morgan fingerprint density at radius 2 is 2.12 bits per heavy atom. The van der Waals surface area contributed by atoms with Crippen LogP contribution >= 0.6 is 15.9 Å². The van der Waals surface area contributed by atoms with Crippen molar-refractivity contribution in [2.24, 2.45) is 0 Å². The fourth-order valence-electron chi connectivity index (χ4n) is 4.28. The van der Waals surface area contributed by atoms with E-state index in [-0.39, 0.29) is 18.4 Å². The zero-order valence-corrected chi connectivity index (χ0v) is 19.4. The van der Waals surface area contributed by atoms with Crippen molar-refractivity contribution in [3.63, 3.8) is 0 Å². The van der Waals surface area contributed by atoms with Crippen LogP contribution in [0, 0.1) is 0 Å². The lowest BCUT2D eigenvalue weighted by Crippen LogP contribution is -2.26. The van der Waals surface area contributed by atoms with E-state index in [1.54, 1.807) is 4.90 Å². The predicted molar refractivity (Wildman–Crippen MR) is 124 cm³/mol. The van der Waals surface area contributed by atoms with E-state index in [2.05, 4.69) is 21.0 Å². The lowest BCUT2D eigenvalue weighted by atomic mass is 10.1. The standard InChI is InChI=1S/C24H26BrN3O4/c25-19-6-3-5-17(13-19)22-16-27(24(29)32-22)10-4-12-30-20-8-9-21-18(14-20)15-26-28(21)23-7-1-2-11-31-23/h3,5-6,8-9,13-15,22-23H,1-2,4,7,10-12,16H2. The van der Waals surface area contributed by atoms with Crippen LogP contribution < -0.4 is 4.74 Å². The Kier molecular flexibility index (Phi) is 6.32. The maximum atomic E-state index is 12.2. The molecule has 2 aliphatic rings. The summed E-state index contributed by atoms with van der Waals surface area (Å²) in [7, 11) is 0. The summed E-state index contributed by atoms with van der Waals surface area (Å²) in [5.41, 5.74) is 2.06. The number of rotatable bonds is 7. The Balaban J connectivity index is 1.13. The van der Waals surface area contributed by atoms with Crippen LogP contribution in [0.15, 0.2) is 53.1 Å². The van der Waals surface area contributed by atoms with E-state index in [1.165, 1.54) is 6.42 Å². The molecular weight excluding hydrogens is 474 g/mol. The molecule has 2 fully saturated rings. The van der Waals surface area contributed by atoms with Crippen molar-refractivity contribution in [3.05, 3.63) is 58.7 Å². The molecule has 0 N–H and O–H groups in total. The quantitative estimate of drug-likeness (QED) is 0.403. The smallest absolute Gasteiger partial charge is 0.410 e. The van der Waals surface area contributed by atoms with E-state index < -0.39 is 0 Å². The highest BCUT2D eigenvalue weighted by molar-refractivity contribution is 9.10. The first-order valence-electron chi connectivity index (χ1n) is 11.1. The molecule has 7 nitrogen and oxygen atoms in total. The number of ether oxygens (including phenoxy) is 3. The molecule has 5 rings (SSSR count). The highest BCUT2D eigenvalue weighted by atomic mass is 79.9. The van der Waals surface area contributed by atoms with Crippen molar-refractivity contribution >= 4 is 32.9 Å². The molecule has 0 bridgehead atoms. The van der Waals surface area contributed by atoms with Crippen molar-refractivity contribution in [2.75, 3.05) is 26.3 Å². The SMILES string of the molecule is O=C1OC(c2cccc(Br)c2)CN1CCCOc1ccc2c(cnn2C2CCCCO2)c1. The van der Waals surface area contributed by atoms with Gasteiger partial charge < -0.3 is 19.1 Å². The minimum atomic E-state index is -0.270. The third-order valence-electron chi connectivity index (χ3n) is 5.94. The van der Waals surface area contributed by atoms with Crippen LogP contribution in [-0.4, -0.2) is 47.1 Å². The summed E-state index contributed by atoms with van der Waals surface area (Å²) in [6.07, 6.45) is 5.40. The van der Waals surface area contributed by atoms with Crippen LogP contribution in [0.2, 0.25) is 0 Å². The normalized spacial score (nSPS) is 21.2. The first-order valence-corrected chi connectivity index (χ1v) is 11.9. The predicted octanol–water partition coefficient (Wildman–Crippen LogP) is 5.46. The molecule has 0 radical (unpaired) electrons. The lowest BCUT2D eigenvalue weighted by Gasteiger charge is -2.23.